The Morgan fingerprint density at radius 2 is 2.11 bits per heavy atom. The first-order chi connectivity index (χ1) is 17.6. The van der Waals surface area contributed by atoms with E-state index in [4.69, 9.17) is 14.1 Å². The average Bonchev–Trinajstić information content (AvgIpc) is 3.67. The molecular weight excluding hydrogens is 494 g/mol. The molecule has 188 valence electrons. The van der Waals surface area contributed by atoms with Crippen LogP contribution in [0.2, 0.25) is 0 Å². The van der Waals surface area contributed by atoms with E-state index in [0.29, 0.717) is 35.5 Å². The van der Waals surface area contributed by atoms with E-state index in [1.54, 1.807) is 4.90 Å². The van der Waals surface area contributed by atoms with Crippen LogP contribution in [0.5, 0.6) is 0 Å². The highest BCUT2D eigenvalue weighted by Crippen LogP contribution is 2.32. The number of hydrogen-bond donors (Lipinski definition) is 0. The number of anilines is 1. The molecule has 0 spiro atoms. The van der Waals surface area contributed by atoms with Gasteiger partial charge in [-0.25, -0.2) is 4.98 Å². The van der Waals surface area contributed by atoms with Crippen LogP contribution in [0.15, 0.2) is 57.6 Å². The number of carbonyl (C=O) groups is 2. The minimum absolute atomic E-state index is 0.0430. The molecule has 1 fully saturated rings. The van der Waals surface area contributed by atoms with Crippen molar-refractivity contribution in [3.05, 3.63) is 58.1 Å². The third-order valence-electron chi connectivity index (χ3n) is 6.36. The molecule has 1 unspecified atom stereocenters. The van der Waals surface area contributed by atoms with Crippen molar-refractivity contribution in [2.75, 3.05) is 37.7 Å². The monoisotopic (exact) mass is 523 g/mol. The zero-order valence-corrected chi connectivity index (χ0v) is 21.9. The molecule has 4 heterocycles. The molecule has 0 aliphatic carbocycles. The standard InChI is InChI=1S/C27H29N3O4S2/c1-2-33-26(32)20-9-5-12-29(17-20)13-7-14-30(25(31)24-11-6-15-35-24)27-28-21(18-36-27)23-16-19-8-3-4-10-22(19)34-23/h3-4,6,8,10-11,15-16,18,20H,2,5,7,9,12-14,17H2,1H3. The number of aromatic nitrogens is 1. The van der Waals surface area contributed by atoms with Crippen molar-refractivity contribution in [1.82, 2.24) is 9.88 Å². The predicted octanol–water partition coefficient (Wildman–Crippen LogP) is 5.93. The van der Waals surface area contributed by atoms with Crippen molar-refractivity contribution in [1.29, 1.82) is 0 Å². The largest absolute Gasteiger partial charge is 0.466 e. The first kappa shape index (κ1) is 24.7. The third kappa shape index (κ3) is 5.53. The summed E-state index contributed by atoms with van der Waals surface area (Å²) < 4.78 is 11.2. The molecular formula is C27H29N3O4S2. The molecule has 1 atom stereocenters. The molecule has 4 aromatic rings. The van der Waals surface area contributed by atoms with Gasteiger partial charge in [-0.2, -0.15) is 0 Å². The van der Waals surface area contributed by atoms with Crippen molar-refractivity contribution < 1.29 is 18.7 Å². The van der Waals surface area contributed by atoms with Gasteiger partial charge in [-0.05, 0) is 62.9 Å². The van der Waals surface area contributed by atoms with Crippen LogP contribution in [-0.4, -0.2) is 54.5 Å². The lowest BCUT2D eigenvalue weighted by Crippen LogP contribution is -2.41. The van der Waals surface area contributed by atoms with Gasteiger partial charge in [0.15, 0.2) is 10.9 Å². The Kier molecular flexibility index (Phi) is 7.79. The lowest BCUT2D eigenvalue weighted by atomic mass is 9.98. The molecule has 1 amide bonds. The Balaban J connectivity index is 1.29. The van der Waals surface area contributed by atoms with Gasteiger partial charge < -0.3 is 14.1 Å². The molecule has 9 heteroatoms. The number of rotatable bonds is 9. The lowest BCUT2D eigenvalue weighted by Gasteiger charge is -2.32. The van der Waals surface area contributed by atoms with Gasteiger partial charge in [-0.3, -0.25) is 14.5 Å². The highest BCUT2D eigenvalue weighted by atomic mass is 32.1. The van der Waals surface area contributed by atoms with Crippen LogP contribution >= 0.6 is 22.7 Å². The van der Waals surface area contributed by atoms with Gasteiger partial charge in [0.05, 0.1) is 17.4 Å². The number of hydrogen-bond acceptors (Lipinski definition) is 8. The maximum absolute atomic E-state index is 13.4. The number of esters is 1. The maximum atomic E-state index is 13.4. The van der Waals surface area contributed by atoms with Crippen LogP contribution in [0.25, 0.3) is 22.4 Å². The molecule has 7 nitrogen and oxygen atoms in total. The summed E-state index contributed by atoms with van der Waals surface area (Å²) in [4.78, 5) is 35.1. The van der Waals surface area contributed by atoms with Gasteiger partial charge in [0.2, 0.25) is 0 Å². The lowest BCUT2D eigenvalue weighted by molar-refractivity contribution is -0.149. The summed E-state index contributed by atoms with van der Waals surface area (Å²) >= 11 is 2.88. The summed E-state index contributed by atoms with van der Waals surface area (Å²) in [5.74, 6) is 0.490. The topological polar surface area (TPSA) is 75.9 Å². The number of benzene rings is 1. The van der Waals surface area contributed by atoms with Crippen molar-refractivity contribution in [2.24, 2.45) is 5.92 Å². The average molecular weight is 524 g/mol. The highest BCUT2D eigenvalue weighted by Gasteiger charge is 2.27. The van der Waals surface area contributed by atoms with E-state index in [-0.39, 0.29) is 17.8 Å². The maximum Gasteiger partial charge on any atom is 0.310 e. The second-order valence-corrected chi connectivity index (χ2v) is 10.6. The number of thiophene rings is 1. The number of furan rings is 1. The number of carbonyl (C=O) groups excluding carboxylic acids is 2. The van der Waals surface area contributed by atoms with E-state index < -0.39 is 0 Å². The molecule has 36 heavy (non-hydrogen) atoms. The molecule has 5 rings (SSSR count). The molecule has 0 N–H and O–H groups in total. The van der Waals surface area contributed by atoms with Crippen molar-refractivity contribution in [2.45, 2.75) is 26.2 Å². The Morgan fingerprint density at radius 3 is 2.92 bits per heavy atom. The number of para-hydroxylation sites is 1. The zero-order chi connectivity index (χ0) is 24.9. The third-order valence-corrected chi connectivity index (χ3v) is 8.08. The van der Waals surface area contributed by atoms with E-state index in [1.165, 1.54) is 22.7 Å². The van der Waals surface area contributed by atoms with Crippen LogP contribution in [-0.2, 0) is 9.53 Å². The van der Waals surface area contributed by atoms with Crippen LogP contribution in [0.1, 0.15) is 35.9 Å². The molecule has 1 aliphatic rings. The number of amides is 1. The van der Waals surface area contributed by atoms with Crippen molar-refractivity contribution in [3.63, 3.8) is 0 Å². The van der Waals surface area contributed by atoms with Crippen LogP contribution in [0, 0.1) is 5.92 Å². The number of thiazole rings is 1. The fourth-order valence-corrected chi connectivity index (χ4v) is 6.10. The minimum Gasteiger partial charge on any atom is -0.466 e. The fraction of sp³-hybridized carbons (Fsp3) is 0.370. The molecule has 1 saturated heterocycles. The van der Waals surface area contributed by atoms with Gasteiger partial charge in [-0.15, -0.1) is 22.7 Å². The van der Waals surface area contributed by atoms with E-state index in [0.717, 1.165) is 49.0 Å². The Hall–Kier alpha value is -3.01. The van der Waals surface area contributed by atoms with Crippen LogP contribution in [0.4, 0.5) is 5.13 Å². The fourth-order valence-electron chi connectivity index (χ4n) is 4.59. The van der Waals surface area contributed by atoms with Crippen molar-refractivity contribution >= 4 is 50.7 Å². The molecule has 1 aromatic carbocycles. The highest BCUT2D eigenvalue weighted by molar-refractivity contribution is 7.14. The van der Waals surface area contributed by atoms with Gasteiger partial charge in [0.25, 0.3) is 5.91 Å². The minimum atomic E-state index is -0.0994. The molecule has 1 aliphatic heterocycles. The molecule has 3 aromatic heterocycles. The first-order valence-corrected chi connectivity index (χ1v) is 14.1. The predicted molar refractivity (Wildman–Crippen MR) is 144 cm³/mol. The summed E-state index contributed by atoms with van der Waals surface area (Å²) in [6.45, 7) is 5.29. The van der Waals surface area contributed by atoms with E-state index in [1.807, 2.05) is 60.1 Å². The Labute approximate surface area is 218 Å². The number of fused-ring (bicyclic) bond motifs is 1. The zero-order valence-electron chi connectivity index (χ0n) is 20.2. The number of nitrogens with zero attached hydrogens (tertiary/aromatic N) is 3. The van der Waals surface area contributed by atoms with Gasteiger partial charge >= 0.3 is 5.97 Å². The molecule has 0 radical (unpaired) electrons. The Bertz CT molecular complexity index is 1280. The quantitative estimate of drug-likeness (QED) is 0.253. The summed E-state index contributed by atoms with van der Waals surface area (Å²) in [6.07, 6.45) is 2.64. The van der Waals surface area contributed by atoms with E-state index >= 15 is 0 Å². The SMILES string of the molecule is CCOC(=O)C1CCCN(CCCN(C(=O)c2cccs2)c2nc(-c3cc4ccccc4o3)cs2)C1. The smallest absolute Gasteiger partial charge is 0.310 e. The van der Waals surface area contributed by atoms with Crippen molar-refractivity contribution in [3.8, 4) is 11.5 Å². The van der Waals surface area contributed by atoms with Crippen LogP contribution < -0.4 is 4.90 Å². The summed E-state index contributed by atoms with van der Waals surface area (Å²) in [5.41, 5.74) is 1.54. The molecule has 0 bridgehead atoms. The normalized spacial score (nSPS) is 16.3. The number of ether oxygens (including phenoxy) is 1. The summed E-state index contributed by atoms with van der Waals surface area (Å²) in [7, 11) is 0. The van der Waals surface area contributed by atoms with Gasteiger partial charge in [-0.1, -0.05) is 24.3 Å². The summed E-state index contributed by atoms with van der Waals surface area (Å²) in [5, 5.41) is 5.54. The van der Waals surface area contributed by atoms with E-state index in [9.17, 15) is 9.59 Å². The van der Waals surface area contributed by atoms with E-state index in [2.05, 4.69) is 4.90 Å². The second kappa shape index (κ2) is 11.4. The van der Waals surface area contributed by atoms with Gasteiger partial charge in [0, 0.05) is 23.9 Å². The van der Waals surface area contributed by atoms with Gasteiger partial charge in [0.1, 0.15) is 11.3 Å². The number of likely N-dealkylation sites (tertiary alicyclic amines) is 1. The molecule has 0 saturated carbocycles. The van der Waals surface area contributed by atoms with Crippen LogP contribution in [0.3, 0.4) is 0 Å². The number of piperidine rings is 1. The second-order valence-electron chi connectivity index (χ2n) is 8.84. The summed E-state index contributed by atoms with van der Waals surface area (Å²) in [6, 6.07) is 13.6. The Morgan fingerprint density at radius 1 is 1.22 bits per heavy atom. The first-order valence-electron chi connectivity index (χ1n) is 12.3.